The van der Waals surface area contributed by atoms with E-state index < -0.39 is 21.9 Å². The fraction of sp³-hybridized carbons (Fsp3) is 0.462. The second-order valence-electron chi connectivity index (χ2n) is 8.92. The summed E-state index contributed by atoms with van der Waals surface area (Å²) in [5, 5.41) is 2.93. The van der Waals surface area contributed by atoms with E-state index in [0.717, 1.165) is 28.1 Å². The molecule has 7 nitrogen and oxygen atoms in total. The third-order valence-corrected chi connectivity index (χ3v) is 7.10. The van der Waals surface area contributed by atoms with Crippen LogP contribution in [0.3, 0.4) is 0 Å². The van der Waals surface area contributed by atoms with Gasteiger partial charge in [-0.05, 0) is 63.4 Å². The molecule has 2 aromatic rings. The minimum Gasteiger partial charge on any atom is -0.352 e. The molecule has 0 unspecified atom stereocenters. The van der Waals surface area contributed by atoms with Crippen LogP contribution in [0.2, 0.25) is 0 Å². The first-order valence-corrected chi connectivity index (χ1v) is 13.7. The number of carbonyl (C=O) groups is 2. The summed E-state index contributed by atoms with van der Waals surface area (Å²) in [6, 6.07) is 12.2. The van der Waals surface area contributed by atoms with Gasteiger partial charge in [-0.3, -0.25) is 13.9 Å². The van der Waals surface area contributed by atoms with Gasteiger partial charge >= 0.3 is 0 Å². The highest BCUT2D eigenvalue weighted by Gasteiger charge is 2.27. The number of hydrogen-bond acceptors (Lipinski definition) is 4. The lowest BCUT2D eigenvalue weighted by atomic mass is 10.1. The Morgan fingerprint density at radius 3 is 2.17 bits per heavy atom. The summed E-state index contributed by atoms with van der Waals surface area (Å²) in [6.45, 7) is 7.88. The van der Waals surface area contributed by atoms with Crippen molar-refractivity contribution in [1.82, 2.24) is 10.2 Å². The number of halogens is 1. The van der Waals surface area contributed by atoms with Crippen LogP contribution in [0.1, 0.15) is 51.2 Å². The van der Waals surface area contributed by atoms with Crippen LogP contribution >= 0.6 is 0 Å². The normalized spacial score (nSPS) is 13.1. The zero-order valence-corrected chi connectivity index (χ0v) is 21.9. The van der Waals surface area contributed by atoms with Crippen LogP contribution in [0.15, 0.2) is 48.5 Å². The van der Waals surface area contributed by atoms with E-state index in [1.165, 1.54) is 29.2 Å². The Hall–Kier alpha value is -2.94. The standard InChI is InChI=1S/C26H36FN3O4S/c1-6-20(3)28-26(32)21(4)29(18-22-11-9-19(2)10-12-22)25(31)8-7-17-30(35(5,33)34)24-15-13-23(27)14-16-24/h9-16,20-21H,6-8,17-18H2,1-5H3,(H,28,32)/t20-,21+/m1/s1. The SMILES string of the molecule is CC[C@@H](C)NC(=O)[C@H](C)N(Cc1ccc(C)cc1)C(=O)CCCN(c1ccc(F)cc1)S(C)(=O)=O. The number of anilines is 1. The van der Waals surface area contributed by atoms with Gasteiger partial charge in [0.25, 0.3) is 0 Å². The number of hydrogen-bond donors (Lipinski definition) is 1. The Labute approximate surface area is 208 Å². The first kappa shape index (κ1) is 28.3. The minimum atomic E-state index is -3.63. The summed E-state index contributed by atoms with van der Waals surface area (Å²) < 4.78 is 39.1. The number of sulfonamides is 1. The van der Waals surface area contributed by atoms with E-state index in [0.29, 0.717) is 5.69 Å². The molecule has 0 aromatic heterocycles. The fourth-order valence-corrected chi connectivity index (χ4v) is 4.51. The van der Waals surface area contributed by atoms with Crippen LogP contribution in [-0.4, -0.2) is 50.0 Å². The number of nitrogens with zero attached hydrogens (tertiary/aromatic N) is 2. The predicted molar refractivity (Wildman–Crippen MR) is 137 cm³/mol. The molecule has 0 radical (unpaired) electrons. The molecule has 1 N–H and O–H groups in total. The maximum absolute atomic E-state index is 13.3. The lowest BCUT2D eigenvalue weighted by Gasteiger charge is -2.30. The molecule has 2 atom stereocenters. The Morgan fingerprint density at radius 1 is 1.03 bits per heavy atom. The van der Waals surface area contributed by atoms with Gasteiger partial charge < -0.3 is 10.2 Å². The molecule has 0 spiro atoms. The molecule has 0 saturated carbocycles. The smallest absolute Gasteiger partial charge is 0.242 e. The lowest BCUT2D eigenvalue weighted by molar-refractivity contribution is -0.140. The fourth-order valence-electron chi connectivity index (χ4n) is 3.55. The lowest BCUT2D eigenvalue weighted by Crippen LogP contribution is -2.49. The molecule has 35 heavy (non-hydrogen) atoms. The van der Waals surface area contributed by atoms with E-state index in [1.54, 1.807) is 6.92 Å². The van der Waals surface area contributed by atoms with Gasteiger partial charge in [0.2, 0.25) is 21.8 Å². The van der Waals surface area contributed by atoms with Crippen molar-refractivity contribution in [3.8, 4) is 0 Å². The van der Waals surface area contributed by atoms with Gasteiger partial charge in [0.15, 0.2) is 0 Å². The Morgan fingerprint density at radius 2 is 1.63 bits per heavy atom. The molecule has 0 bridgehead atoms. The Kier molecular flexibility index (Phi) is 10.2. The van der Waals surface area contributed by atoms with E-state index in [9.17, 15) is 22.4 Å². The molecule has 0 aliphatic heterocycles. The predicted octanol–water partition coefficient (Wildman–Crippen LogP) is 4.01. The molecule has 0 aliphatic carbocycles. The third kappa shape index (κ3) is 8.65. The molecule has 0 aliphatic rings. The Bertz CT molecular complexity index is 1090. The second-order valence-corrected chi connectivity index (χ2v) is 10.8. The molecule has 192 valence electrons. The molecular formula is C26H36FN3O4S. The number of amides is 2. The van der Waals surface area contributed by atoms with Crippen molar-refractivity contribution in [3.05, 3.63) is 65.5 Å². The summed E-state index contributed by atoms with van der Waals surface area (Å²) in [5.74, 6) is -0.942. The summed E-state index contributed by atoms with van der Waals surface area (Å²) in [4.78, 5) is 27.6. The third-order valence-electron chi connectivity index (χ3n) is 5.91. The van der Waals surface area contributed by atoms with Crippen molar-refractivity contribution in [1.29, 1.82) is 0 Å². The van der Waals surface area contributed by atoms with Gasteiger partial charge in [-0.2, -0.15) is 0 Å². The maximum Gasteiger partial charge on any atom is 0.242 e. The number of benzene rings is 2. The van der Waals surface area contributed by atoms with Gasteiger partial charge in [-0.15, -0.1) is 0 Å². The molecule has 0 heterocycles. The summed E-state index contributed by atoms with van der Waals surface area (Å²) in [6.07, 6.45) is 2.14. The van der Waals surface area contributed by atoms with Crippen LogP contribution in [0, 0.1) is 12.7 Å². The largest absolute Gasteiger partial charge is 0.352 e. The van der Waals surface area contributed by atoms with Gasteiger partial charge in [0, 0.05) is 25.6 Å². The number of rotatable bonds is 12. The molecule has 0 fully saturated rings. The van der Waals surface area contributed by atoms with E-state index in [4.69, 9.17) is 0 Å². The number of carbonyl (C=O) groups excluding carboxylic acids is 2. The van der Waals surface area contributed by atoms with Gasteiger partial charge in [0.1, 0.15) is 11.9 Å². The summed E-state index contributed by atoms with van der Waals surface area (Å²) >= 11 is 0. The molecular weight excluding hydrogens is 469 g/mol. The van der Waals surface area contributed by atoms with Crippen LogP contribution in [0.25, 0.3) is 0 Å². The average Bonchev–Trinajstić information content (AvgIpc) is 2.80. The van der Waals surface area contributed by atoms with E-state index in [2.05, 4.69) is 5.32 Å². The summed E-state index contributed by atoms with van der Waals surface area (Å²) in [7, 11) is -3.63. The van der Waals surface area contributed by atoms with Gasteiger partial charge in [0.05, 0.1) is 11.9 Å². The maximum atomic E-state index is 13.3. The highest BCUT2D eigenvalue weighted by Crippen LogP contribution is 2.20. The first-order valence-electron chi connectivity index (χ1n) is 11.8. The van der Waals surface area contributed by atoms with Crippen LogP contribution in [-0.2, 0) is 26.2 Å². The van der Waals surface area contributed by atoms with Gasteiger partial charge in [-0.1, -0.05) is 36.8 Å². The molecule has 0 saturated heterocycles. The van der Waals surface area contributed by atoms with E-state index in [-0.39, 0.29) is 43.8 Å². The van der Waals surface area contributed by atoms with E-state index in [1.807, 2.05) is 45.0 Å². The monoisotopic (exact) mass is 505 g/mol. The number of aryl methyl sites for hydroxylation is 1. The molecule has 9 heteroatoms. The Balaban J connectivity index is 2.15. The zero-order valence-electron chi connectivity index (χ0n) is 21.1. The second kappa shape index (κ2) is 12.7. The van der Waals surface area contributed by atoms with Crippen molar-refractivity contribution in [2.45, 2.75) is 65.6 Å². The molecule has 2 aromatic carbocycles. The topological polar surface area (TPSA) is 86.8 Å². The van der Waals surface area contributed by atoms with Crippen LogP contribution < -0.4 is 9.62 Å². The van der Waals surface area contributed by atoms with Crippen molar-refractivity contribution < 1.29 is 22.4 Å². The minimum absolute atomic E-state index is 0.0136. The van der Waals surface area contributed by atoms with E-state index >= 15 is 0 Å². The van der Waals surface area contributed by atoms with Crippen molar-refractivity contribution >= 4 is 27.5 Å². The first-order chi connectivity index (χ1) is 16.4. The van der Waals surface area contributed by atoms with Crippen molar-refractivity contribution in [3.63, 3.8) is 0 Å². The zero-order chi connectivity index (χ0) is 26.2. The summed E-state index contributed by atoms with van der Waals surface area (Å²) in [5.41, 5.74) is 2.33. The molecule has 2 amide bonds. The van der Waals surface area contributed by atoms with Crippen molar-refractivity contribution in [2.75, 3.05) is 17.1 Å². The highest BCUT2D eigenvalue weighted by molar-refractivity contribution is 7.92. The van der Waals surface area contributed by atoms with Gasteiger partial charge in [-0.25, -0.2) is 12.8 Å². The quantitative estimate of drug-likeness (QED) is 0.472. The van der Waals surface area contributed by atoms with Crippen LogP contribution in [0.4, 0.5) is 10.1 Å². The molecule has 2 rings (SSSR count). The van der Waals surface area contributed by atoms with Crippen LogP contribution in [0.5, 0.6) is 0 Å². The number of nitrogens with one attached hydrogen (secondary N) is 1. The van der Waals surface area contributed by atoms with Crippen molar-refractivity contribution in [2.24, 2.45) is 0 Å². The highest BCUT2D eigenvalue weighted by atomic mass is 32.2. The average molecular weight is 506 g/mol.